The maximum absolute atomic E-state index is 12.3. The minimum Gasteiger partial charge on any atom is -0.508 e. The molecule has 0 aliphatic carbocycles. The van der Waals surface area contributed by atoms with E-state index in [1.54, 1.807) is 12.1 Å². The highest BCUT2D eigenvalue weighted by Crippen LogP contribution is 2.40. The first-order valence-corrected chi connectivity index (χ1v) is 15.1. The fourth-order valence-electron chi connectivity index (χ4n) is 5.21. The minimum absolute atomic E-state index is 0.0402. The molecular weight excluding hydrogens is 476 g/mol. The number of aromatic hydroxyl groups is 1. The van der Waals surface area contributed by atoms with E-state index in [2.05, 4.69) is 6.92 Å². The van der Waals surface area contributed by atoms with Crippen molar-refractivity contribution in [2.24, 2.45) is 0 Å². The summed E-state index contributed by atoms with van der Waals surface area (Å²) in [4.78, 5) is 24.6. The first-order valence-electron chi connectivity index (χ1n) is 15.1. The molecule has 0 spiro atoms. The molecule has 38 heavy (non-hydrogen) atoms. The van der Waals surface area contributed by atoms with Crippen LogP contribution in [0.3, 0.4) is 0 Å². The molecule has 1 atom stereocenters. The maximum Gasteiger partial charge on any atom is 0.306 e. The molecule has 1 aromatic rings. The number of carbonyl (C=O) groups is 2. The third-order valence-corrected chi connectivity index (χ3v) is 7.39. The molecule has 0 amide bonds. The van der Waals surface area contributed by atoms with E-state index in [0.29, 0.717) is 30.6 Å². The number of benzene rings is 1. The molecule has 0 aromatic heterocycles. The molecule has 1 aromatic carbocycles. The zero-order valence-corrected chi connectivity index (χ0v) is 24.5. The lowest BCUT2D eigenvalue weighted by atomic mass is 9.87. The number of unbranched alkanes of at least 4 members (excludes halogenated alkanes) is 12. The van der Waals surface area contributed by atoms with Crippen LogP contribution in [0.4, 0.5) is 0 Å². The van der Waals surface area contributed by atoms with Crippen molar-refractivity contribution >= 4 is 11.8 Å². The van der Waals surface area contributed by atoms with Crippen LogP contribution in [0.25, 0.3) is 0 Å². The maximum atomic E-state index is 12.3. The molecule has 0 bridgehead atoms. The third-order valence-electron chi connectivity index (χ3n) is 7.39. The summed E-state index contributed by atoms with van der Waals surface area (Å²) in [5.74, 6) is 0.566. The van der Waals surface area contributed by atoms with E-state index < -0.39 is 5.60 Å². The van der Waals surface area contributed by atoms with Gasteiger partial charge in [0.25, 0.3) is 0 Å². The van der Waals surface area contributed by atoms with Crippen LogP contribution in [0, 0.1) is 0 Å². The Bertz CT molecular complexity index is 899. The van der Waals surface area contributed by atoms with Crippen LogP contribution in [-0.4, -0.2) is 22.5 Å². The number of ketones is 1. The van der Waals surface area contributed by atoms with Gasteiger partial charge in [0.05, 0.1) is 0 Å². The summed E-state index contributed by atoms with van der Waals surface area (Å²) in [6.45, 7) is 8.11. The van der Waals surface area contributed by atoms with Gasteiger partial charge in [-0.3, -0.25) is 9.59 Å². The minimum atomic E-state index is -0.619. The molecule has 1 unspecified atom stereocenters. The molecule has 0 fully saturated rings. The predicted molar refractivity (Wildman–Crippen MR) is 155 cm³/mol. The lowest BCUT2D eigenvalue weighted by Gasteiger charge is -2.35. The number of phenols is 1. The number of esters is 1. The summed E-state index contributed by atoms with van der Waals surface area (Å²) in [6, 6.07) is 3.48. The van der Waals surface area contributed by atoms with E-state index in [0.717, 1.165) is 24.0 Å². The zero-order valence-electron chi connectivity index (χ0n) is 24.5. The number of fused-ring (bicyclic) bond motifs is 1. The second kappa shape index (κ2) is 17.3. The summed E-state index contributed by atoms with van der Waals surface area (Å²) in [5.41, 5.74) is 1.79. The van der Waals surface area contributed by atoms with Crippen LogP contribution in [0.15, 0.2) is 23.8 Å². The molecule has 0 radical (unpaired) electrons. The molecule has 1 heterocycles. The molecule has 2 rings (SSSR count). The quantitative estimate of drug-likeness (QED) is 0.110. The largest absolute Gasteiger partial charge is 0.508 e. The lowest BCUT2D eigenvalue weighted by Crippen LogP contribution is -2.38. The first-order chi connectivity index (χ1) is 18.2. The van der Waals surface area contributed by atoms with Crippen LogP contribution < -0.4 is 4.74 Å². The average Bonchev–Trinajstić information content (AvgIpc) is 2.84. The van der Waals surface area contributed by atoms with Crippen LogP contribution in [-0.2, 0) is 27.4 Å². The Morgan fingerprint density at radius 3 is 2.11 bits per heavy atom. The Balaban J connectivity index is 1.64. The normalized spacial score (nSPS) is 16.4. The summed E-state index contributed by atoms with van der Waals surface area (Å²) >= 11 is 0. The van der Waals surface area contributed by atoms with Crippen molar-refractivity contribution < 1.29 is 24.2 Å². The van der Waals surface area contributed by atoms with Gasteiger partial charge in [-0.2, -0.15) is 0 Å². The number of allylic oxidation sites excluding steroid dienone is 2. The fourth-order valence-corrected chi connectivity index (χ4v) is 5.21. The van der Waals surface area contributed by atoms with Crippen LogP contribution in [0.2, 0.25) is 0 Å². The zero-order chi connectivity index (χ0) is 27.8. The highest BCUT2D eigenvalue weighted by molar-refractivity contribution is 5.91. The van der Waals surface area contributed by atoms with E-state index in [4.69, 9.17) is 9.47 Å². The monoisotopic (exact) mass is 528 g/mol. The number of hydrogen-bond acceptors (Lipinski definition) is 5. The molecule has 1 aliphatic rings. The van der Waals surface area contributed by atoms with Gasteiger partial charge >= 0.3 is 5.97 Å². The van der Waals surface area contributed by atoms with Gasteiger partial charge in [-0.1, -0.05) is 89.5 Å². The Hall–Kier alpha value is -2.30. The standard InChI is InChI=1S/C33H52O5/c1-5-6-7-8-9-10-11-12-13-14-15-16-17-18-32(36)37-25-27-22-30(35)29-19-20-33(4,38-31(29)23-27)24-28(34)21-26(2)3/h21-23,35H,5-20,24-25H2,1-4H3. The van der Waals surface area contributed by atoms with Crippen molar-refractivity contribution in [2.75, 3.05) is 0 Å². The molecule has 0 saturated carbocycles. The van der Waals surface area contributed by atoms with Crippen molar-refractivity contribution in [1.82, 2.24) is 0 Å². The van der Waals surface area contributed by atoms with E-state index >= 15 is 0 Å². The topological polar surface area (TPSA) is 72.8 Å². The van der Waals surface area contributed by atoms with Crippen LogP contribution in [0.5, 0.6) is 11.5 Å². The predicted octanol–water partition coefficient (Wildman–Crippen LogP) is 8.93. The van der Waals surface area contributed by atoms with Gasteiger partial charge in [-0.05, 0) is 63.8 Å². The van der Waals surface area contributed by atoms with E-state index in [9.17, 15) is 14.7 Å². The van der Waals surface area contributed by atoms with Crippen molar-refractivity contribution in [3.05, 3.63) is 34.9 Å². The van der Waals surface area contributed by atoms with Gasteiger partial charge in [0.2, 0.25) is 0 Å². The SMILES string of the molecule is CCCCCCCCCCCCCCCC(=O)OCc1cc(O)c2c(c1)OC(C)(CC(=O)C=C(C)C)CC2. The summed E-state index contributed by atoms with van der Waals surface area (Å²) in [5, 5.41) is 10.5. The number of hydrogen-bond donors (Lipinski definition) is 1. The smallest absolute Gasteiger partial charge is 0.306 e. The Labute approximate surface area is 231 Å². The number of phenolic OH excluding ortho intramolecular Hbond substituents is 1. The van der Waals surface area contributed by atoms with Gasteiger partial charge in [0, 0.05) is 18.4 Å². The van der Waals surface area contributed by atoms with E-state index in [-0.39, 0.29) is 30.5 Å². The molecule has 5 nitrogen and oxygen atoms in total. The molecular formula is C33H52O5. The van der Waals surface area contributed by atoms with Gasteiger partial charge in [0.1, 0.15) is 23.7 Å². The summed E-state index contributed by atoms with van der Waals surface area (Å²) < 4.78 is 11.7. The van der Waals surface area contributed by atoms with Crippen molar-refractivity contribution in [3.63, 3.8) is 0 Å². The molecule has 0 saturated heterocycles. The number of ether oxygens (including phenoxy) is 2. The van der Waals surface area contributed by atoms with Crippen molar-refractivity contribution in [3.8, 4) is 11.5 Å². The van der Waals surface area contributed by atoms with Gasteiger partial charge in [-0.15, -0.1) is 0 Å². The molecule has 1 N–H and O–H groups in total. The van der Waals surface area contributed by atoms with E-state index in [1.165, 1.54) is 70.6 Å². The molecule has 5 heteroatoms. The summed E-state index contributed by atoms with van der Waals surface area (Å²) in [6.07, 6.45) is 20.2. The van der Waals surface area contributed by atoms with Crippen molar-refractivity contribution in [1.29, 1.82) is 0 Å². The van der Waals surface area contributed by atoms with Gasteiger partial charge in [0.15, 0.2) is 5.78 Å². The Morgan fingerprint density at radius 2 is 1.53 bits per heavy atom. The van der Waals surface area contributed by atoms with Crippen LogP contribution in [0.1, 0.15) is 142 Å². The number of rotatable bonds is 19. The van der Waals surface area contributed by atoms with Crippen LogP contribution >= 0.6 is 0 Å². The highest BCUT2D eigenvalue weighted by atomic mass is 16.5. The third kappa shape index (κ3) is 12.5. The summed E-state index contributed by atoms with van der Waals surface area (Å²) in [7, 11) is 0. The highest BCUT2D eigenvalue weighted by Gasteiger charge is 2.34. The van der Waals surface area contributed by atoms with E-state index in [1.807, 2.05) is 26.8 Å². The van der Waals surface area contributed by atoms with Gasteiger partial charge in [-0.25, -0.2) is 0 Å². The lowest BCUT2D eigenvalue weighted by molar-refractivity contribution is -0.145. The fraction of sp³-hybridized carbons (Fsp3) is 0.697. The number of carbonyl (C=O) groups excluding carboxylic acids is 2. The average molecular weight is 529 g/mol. The molecule has 1 aliphatic heterocycles. The second-order valence-corrected chi connectivity index (χ2v) is 11.7. The molecule has 214 valence electrons. The van der Waals surface area contributed by atoms with Crippen molar-refractivity contribution in [2.45, 2.75) is 149 Å². The van der Waals surface area contributed by atoms with Gasteiger partial charge < -0.3 is 14.6 Å². The Morgan fingerprint density at radius 1 is 0.947 bits per heavy atom. The Kier molecular flexibility index (Phi) is 14.5. The second-order valence-electron chi connectivity index (χ2n) is 11.7. The first kappa shape index (κ1) is 31.9.